The number of carboxylic acids is 1. The van der Waals surface area contributed by atoms with Crippen molar-refractivity contribution < 1.29 is 128 Å². The molecule has 3 radical (unpaired) electrons. The second-order valence-corrected chi connectivity index (χ2v) is 10.4. The zero-order valence-corrected chi connectivity index (χ0v) is 25.2. The number of phosphoric acid groups is 3. The Morgan fingerprint density at radius 2 is 1.48 bits per heavy atom. The number of carbonyl (C=O) groups is 1. The number of rotatable bonds is 7. The van der Waals surface area contributed by atoms with Crippen molar-refractivity contribution in [1.29, 1.82) is 0 Å². The number of carbonyl (C=O) groups excluding carboxylic acids is 1. The third kappa shape index (κ3) is 14.7. The Morgan fingerprint density at radius 1 is 1.00 bits per heavy atom. The molecule has 3 rings (SSSR count). The predicted molar refractivity (Wildman–Crippen MR) is 102 cm³/mol. The van der Waals surface area contributed by atoms with Crippen LogP contribution in [0.2, 0.25) is 0 Å². The van der Waals surface area contributed by atoms with Crippen LogP contribution in [0, 0.1) is 0 Å². The van der Waals surface area contributed by atoms with E-state index in [-0.39, 0.29) is 63.6 Å². The zero-order valence-electron chi connectivity index (χ0n) is 18.9. The summed E-state index contributed by atoms with van der Waals surface area (Å²) < 4.78 is 41.5. The topological polar surface area (TPSA) is 391 Å². The van der Waals surface area contributed by atoms with Gasteiger partial charge in [0.15, 0.2) is 17.7 Å². The van der Waals surface area contributed by atoms with E-state index < -0.39 is 60.6 Å². The van der Waals surface area contributed by atoms with Gasteiger partial charge in [-0.1, -0.05) is 0 Å². The minimum Gasteiger partial charge on any atom is -0.790 e. The summed E-state index contributed by atoms with van der Waals surface area (Å²) in [6, 6.07) is 0. The quantitative estimate of drug-likeness (QED) is 0.129. The minimum absolute atomic E-state index is 0. The number of hydrogen-bond donors (Lipinski definition) is 5. The largest absolute Gasteiger partial charge is 2.00 e. The Labute approximate surface area is 255 Å². The average Bonchev–Trinajstić information content (AvgIpc) is 3.27. The van der Waals surface area contributed by atoms with Crippen molar-refractivity contribution in [2.75, 3.05) is 18.9 Å². The molecule has 4 atom stereocenters. The fourth-order valence-corrected chi connectivity index (χ4v) is 4.77. The monoisotopic (exact) mass is 759 g/mol. The number of fused-ring (bicyclic) bond motifs is 1. The van der Waals surface area contributed by atoms with Gasteiger partial charge in [0, 0.05) is 6.54 Å². The van der Waals surface area contributed by atoms with Crippen LogP contribution < -0.4 is 41.0 Å². The maximum absolute atomic E-state index is 10.1. The molecule has 0 spiro atoms. The maximum atomic E-state index is 10.1. The molecule has 2 aromatic heterocycles. The second kappa shape index (κ2) is 18.3. The first-order valence-corrected chi connectivity index (χ1v) is 13.4. The number of hydrogen-bond acceptors (Lipinski definition) is 21. The van der Waals surface area contributed by atoms with Crippen LogP contribution in [0.15, 0.2) is 12.7 Å². The summed E-state index contributed by atoms with van der Waals surface area (Å²) in [5.41, 5.74) is 11.0. The van der Waals surface area contributed by atoms with Crippen LogP contribution in [0.1, 0.15) is 6.23 Å². The minimum atomic E-state index is -5.97. The molecule has 7 N–H and O–H groups in total. The van der Waals surface area contributed by atoms with Gasteiger partial charge in [0.2, 0.25) is 0 Å². The molecule has 3 heterocycles. The Hall–Kier alpha value is -0.412. The van der Waals surface area contributed by atoms with E-state index in [1.54, 1.807) is 0 Å². The van der Waals surface area contributed by atoms with Crippen LogP contribution in [-0.2, 0) is 83.1 Å². The first-order valence-electron chi connectivity index (χ1n) is 9.05. The molecule has 40 heavy (non-hydrogen) atoms. The summed E-state index contributed by atoms with van der Waals surface area (Å²) in [6.45, 7) is -0.779. The van der Waals surface area contributed by atoms with E-state index in [0.29, 0.717) is 11.2 Å². The fourth-order valence-electron chi connectivity index (χ4n) is 2.43. The van der Waals surface area contributed by atoms with Crippen LogP contribution in [0.4, 0.5) is 5.82 Å². The van der Waals surface area contributed by atoms with Gasteiger partial charge in [-0.2, -0.15) is 0 Å². The van der Waals surface area contributed by atoms with Crippen molar-refractivity contribution >= 4 is 46.4 Å². The third-order valence-corrected chi connectivity index (χ3v) is 6.95. The van der Waals surface area contributed by atoms with Gasteiger partial charge in [-0.25, -0.2) is 15.0 Å². The normalized spacial score (nSPS) is 20.4. The Kier molecular flexibility index (Phi) is 20.1. The summed E-state index contributed by atoms with van der Waals surface area (Å²) in [5.74, 6) is -1.000. The average molecular weight is 759 g/mol. The number of carboxylic acid groups (broad SMARTS) is 1. The van der Waals surface area contributed by atoms with Gasteiger partial charge in [-0.3, -0.25) is 17.8 Å². The van der Waals surface area contributed by atoms with Crippen molar-refractivity contribution in [3.05, 3.63) is 12.7 Å². The van der Waals surface area contributed by atoms with Crippen LogP contribution in [-0.4, -0.2) is 72.3 Å². The predicted octanol–water partition coefficient (Wildman–Crippen LogP) is -8.15. The van der Waals surface area contributed by atoms with Gasteiger partial charge < -0.3 is 75.0 Å². The molecule has 22 nitrogen and oxygen atoms in total. The van der Waals surface area contributed by atoms with E-state index in [0.717, 1.165) is 0 Å². The van der Waals surface area contributed by atoms with Crippen LogP contribution in [0.3, 0.4) is 0 Å². The first-order chi connectivity index (χ1) is 16.8. The molecule has 1 saturated heterocycles. The summed E-state index contributed by atoms with van der Waals surface area (Å²) in [5, 5.41) is 37.9. The molecular weight excluding hydrogens is 742 g/mol. The zero-order chi connectivity index (χ0) is 28.8. The summed E-state index contributed by atoms with van der Waals surface area (Å²) in [6.07, 6.45) is -1.42. The van der Waals surface area contributed by atoms with E-state index in [4.69, 9.17) is 25.5 Å². The van der Waals surface area contributed by atoms with Gasteiger partial charge in [0.05, 0.1) is 34.5 Å². The van der Waals surface area contributed by atoms with Crippen molar-refractivity contribution in [1.82, 2.24) is 19.5 Å². The number of aliphatic hydroxyl groups is 3. The van der Waals surface area contributed by atoms with Crippen LogP contribution in [0.25, 0.3) is 11.2 Å². The number of aliphatic hydroxyl groups excluding tert-OH is 3. The van der Waals surface area contributed by atoms with Crippen molar-refractivity contribution in [3.8, 4) is 0 Å². The van der Waals surface area contributed by atoms with E-state index in [1.807, 2.05) is 0 Å². The molecule has 28 heteroatoms. The summed E-state index contributed by atoms with van der Waals surface area (Å²) >= 11 is 0. The molecule has 227 valence electrons. The van der Waals surface area contributed by atoms with E-state index in [1.165, 1.54) is 17.2 Å². The number of ether oxygens (including phenoxy) is 1. The van der Waals surface area contributed by atoms with Gasteiger partial charge >= 0.3 is 51.2 Å². The second-order valence-electron chi connectivity index (χ2n) is 6.39. The SMILES string of the molecule is NCC(=O)[O-].Nc1ncnc2c1ncn2[C@@H]1O[C@H](CO)[C@@H](O)[C@H]1O.O=P([O-])([O-])OP(=O)([O-])OP(=O)([O-])[O-].[Mn+2].[Mn+2].[Mn+2]. The van der Waals surface area contributed by atoms with Gasteiger partial charge in [0.25, 0.3) is 7.82 Å². The number of aliphatic carboxylic acids is 1. The molecule has 0 unspecified atom stereocenters. The number of nitrogen functional groups attached to an aromatic ring is 1. The number of nitrogens with zero attached hydrogens (tertiary/aromatic N) is 4. The molecule has 1 aliphatic heterocycles. The number of imidazole rings is 1. The van der Waals surface area contributed by atoms with E-state index in [2.05, 4.69) is 29.3 Å². The van der Waals surface area contributed by atoms with E-state index in [9.17, 15) is 48.4 Å². The van der Waals surface area contributed by atoms with Crippen molar-refractivity contribution in [3.63, 3.8) is 0 Å². The van der Waals surface area contributed by atoms with Gasteiger partial charge in [0.1, 0.15) is 30.2 Å². The first kappa shape index (κ1) is 44.0. The standard InChI is InChI=1S/C10H13N5O4.C2H5NO2.3Mn.H5O10P3/c11-8-5-9(13-2-12-8)15(3-14-5)10-7(18)6(17)4(1-16)19-10;3-1-2(4)5;;;;1-11(2,3)9-13(7,8)10-12(4,5)6/h2-4,6-7,10,16-18H,1H2,(H2,11,12,13);1,3H2,(H,4,5);;;;(H,7,8)(H2,1,2,3)(H2,4,5,6)/q;;3*+2;/p-6/t4-,6-,7-,10-;;;;;/m1...../s1. The van der Waals surface area contributed by atoms with Crippen molar-refractivity contribution in [2.45, 2.75) is 24.5 Å². The Morgan fingerprint density at radius 3 is 1.85 bits per heavy atom. The third-order valence-electron chi connectivity index (χ3n) is 3.75. The number of anilines is 1. The van der Waals surface area contributed by atoms with Gasteiger partial charge in [-0.05, 0) is 0 Å². The molecule has 1 fully saturated rings. The number of nitrogens with two attached hydrogens (primary N) is 2. The summed E-state index contributed by atoms with van der Waals surface area (Å²) in [7, 11) is -17.9. The molecule has 0 aromatic carbocycles. The molecular formula is C12H17Mn3N6O16P3. The van der Waals surface area contributed by atoms with Crippen LogP contribution >= 0.6 is 23.5 Å². The Balaban J connectivity index is -0.000000577. The fraction of sp³-hybridized carbons (Fsp3) is 0.500. The summed E-state index contributed by atoms with van der Waals surface area (Å²) in [4.78, 5) is 69.7. The maximum Gasteiger partial charge on any atom is 2.00 e. The molecule has 0 saturated carbocycles. The smallest absolute Gasteiger partial charge is 0.790 e. The van der Waals surface area contributed by atoms with Gasteiger partial charge in [-0.15, -0.1) is 0 Å². The van der Waals surface area contributed by atoms with Crippen LogP contribution in [0.5, 0.6) is 0 Å². The molecule has 0 amide bonds. The molecule has 1 aliphatic rings. The Bertz CT molecular complexity index is 1190. The van der Waals surface area contributed by atoms with E-state index >= 15 is 0 Å². The molecule has 0 aliphatic carbocycles. The number of aromatic nitrogens is 4. The van der Waals surface area contributed by atoms with Crippen molar-refractivity contribution in [2.24, 2.45) is 5.73 Å². The molecule has 2 aromatic rings. The molecule has 0 bridgehead atoms.